The summed E-state index contributed by atoms with van der Waals surface area (Å²) in [6.45, 7) is 14.5. The molecule has 2 unspecified atom stereocenters. The molecule has 0 saturated carbocycles. The third kappa shape index (κ3) is 7.12. The standard InChI is InChI=1S/C31H39N3O4/c1-19(2)34(29(36)22(5)32-30(37)38-31(6,7)8)27(26-16-13-20(3)17-21(26)4)28(35)33-25-15-14-23-11-9-10-12-24(23)18-25/h9-19,22,27H,1-8H3,(H,32,37)(H,33,35). The average Bonchev–Trinajstić information content (AvgIpc) is 2.81. The molecule has 0 heterocycles. The zero-order chi connectivity index (χ0) is 28.2. The average molecular weight is 518 g/mol. The fourth-order valence-electron chi connectivity index (χ4n) is 4.48. The number of carbonyl (C=O) groups is 3. The summed E-state index contributed by atoms with van der Waals surface area (Å²) in [5.74, 6) is -0.719. The number of fused-ring (bicyclic) bond motifs is 1. The van der Waals surface area contributed by atoms with Gasteiger partial charge in [0.2, 0.25) is 5.91 Å². The number of rotatable bonds is 7. The summed E-state index contributed by atoms with van der Waals surface area (Å²) < 4.78 is 5.34. The van der Waals surface area contributed by atoms with Crippen LogP contribution >= 0.6 is 0 Å². The Morgan fingerprint density at radius 1 is 0.868 bits per heavy atom. The number of aryl methyl sites for hydroxylation is 2. The molecule has 0 radical (unpaired) electrons. The van der Waals surface area contributed by atoms with Crippen LogP contribution in [0.3, 0.4) is 0 Å². The normalized spacial score (nSPS) is 13.1. The van der Waals surface area contributed by atoms with Gasteiger partial charge in [0.15, 0.2) is 0 Å². The van der Waals surface area contributed by atoms with E-state index in [1.807, 2.05) is 88.4 Å². The highest BCUT2D eigenvalue weighted by molar-refractivity contribution is 6.00. The molecule has 0 bridgehead atoms. The van der Waals surface area contributed by atoms with Crippen LogP contribution in [0.2, 0.25) is 0 Å². The van der Waals surface area contributed by atoms with Gasteiger partial charge in [-0.25, -0.2) is 4.79 Å². The number of anilines is 1. The summed E-state index contributed by atoms with van der Waals surface area (Å²) >= 11 is 0. The second-order valence-corrected chi connectivity index (χ2v) is 11.0. The van der Waals surface area contributed by atoms with Crippen molar-refractivity contribution in [1.29, 1.82) is 0 Å². The summed E-state index contributed by atoms with van der Waals surface area (Å²) in [6, 6.07) is 17.3. The molecule has 3 aromatic carbocycles. The van der Waals surface area contributed by atoms with Gasteiger partial charge in [0.05, 0.1) is 0 Å². The monoisotopic (exact) mass is 517 g/mol. The minimum atomic E-state index is -0.919. The van der Waals surface area contributed by atoms with Crippen molar-refractivity contribution >= 4 is 34.4 Å². The maximum absolute atomic E-state index is 14.0. The highest BCUT2D eigenvalue weighted by Gasteiger charge is 2.37. The predicted octanol–water partition coefficient (Wildman–Crippen LogP) is 6.29. The van der Waals surface area contributed by atoms with Crippen molar-refractivity contribution in [2.45, 2.75) is 79.1 Å². The first-order valence-electron chi connectivity index (χ1n) is 13.0. The number of nitrogens with zero attached hydrogens (tertiary/aromatic N) is 1. The van der Waals surface area contributed by atoms with Crippen molar-refractivity contribution in [3.63, 3.8) is 0 Å². The minimum absolute atomic E-state index is 0.334. The third-order valence-corrected chi connectivity index (χ3v) is 6.18. The van der Waals surface area contributed by atoms with Crippen LogP contribution in [-0.4, -0.2) is 40.5 Å². The number of alkyl carbamates (subject to hydrolysis) is 1. The minimum Gasteiger partial charge on any atom is -0.444 e. The van der Waals surface area contributed by atoms with Gasteiger partial charge in [0.1, 0.15) is 17.7 Å². The van der Waals surface area contributed by atoms with Crippen molar-refractivity contribution in [3.8, 4) is 0 Å². The number of nitrogens with one attached hydrogen (secondary N) is 2. The summed E-state index contributed by atoms with van der Waals surface area (Å²) in [5.41, 5.74) is 2.61. The Kier molecular flexibility index (Phi) is 8.82. The molecule has 0 spiro atoms. The molecule has 3 rings (SSSR count). The van der Waals surface area contributed by atoms with Gasteiger partial charge in [0.25, 0.3) is 5.91 Å². The van der Waals surface area contributed by atoms with Gasteiger partial charge in [-0.05, 0) is 89.4 Å². The van der Waals surface area contributed by atoms with Crippen molar-refractivity contribution < 1.29 is 19.1 Å². The second-order valence-electron chi connectivity index (χ2n) is 11.0. The van der Waals surface area contributed by atoms with Gasteiger partial charge in [-0.3, -0.25) is 9.59 Å². The third-order valence-electron chi connectivity index (χ3n) is 6.18. The molecule has 3 aromatic rings. The Labute approximate surface area is 225 Å². The molecule has 0 fully saturated rings. The molecule has 202 valence electrons. The van der Waals surface area contributed by atoms with Crippen molar-refractivity contribution in [2.24, 2.45) is 0 Å². The lowest BCUT2D eigenvalue weighted by Gasteiger charge is -2.37. The smallest absolute Gasteiger partial charge is 0.408 e. The molecule has 0 aliphatic heterocycles. The Morgan fingerprint density at radius 3 is 2.13 bits per heavy atom. The SMILES string of the molecule is Cc1ccc(C(C(=O)Nc2ccc3ccccc3c2)N(C(=O)C(C)NC(=O)OC(C)(C)C)C(C)C)c(C)c1. The van der Waals surface area contributed by atoms with Gasteiger partial charge in [-0.15, -0.1) is 0 Å². The first-order valence-corrected chi connectivity index (χ1v) is 13.0. The molecule has 2 N–H and O–H groups in total. The van der Waals surface area contributed by atoms with Crippen LogP contribution in [0.15, 0.2) is 60.7 Å². The molecule has 2 atom stereocenters. The summed E-state index contributed by atoms with van der Waals surface area (Å²) in [6.07, 6.45) is -0.689. The fourth-order valence-corrected chi connectivity index (χ4v) is 4.48. The van der Waals surface area contributed by atoms with Gasteiger partial charge < -0.3 is 20.3 Å². The maximum atomic E-state index is 14.0. The zero-order valence-electron chi connectivity index (χ0n) is 23.6. The van der Waals surface area contributed by atoms with Crippen LogP contribution in [-0.2, 0) is 14.3 Å². The number of hydrogen-bond donors (Lipinski definition) is 2. The lowest BCUT2D eigenvalue weighted by molar-refractivity contribution is -0.142. The van der Waals surface area contributed by atoms with Crippen molar-refractivity contribution in [2.75, 3.05) is 5.32 Å². The van der Waals surface area contributed by atoms with Gasteiger partial charge in [-0.1, -0.05) is 54.1 Å². The second kappa shape index (κ2) is 11.7. The lowest BCUT2D eigenvalue weighted by Crippen LogP contribution is -2.53. The molecule has 0 aromatic heterocycles. The van der Waals surface area contributed by atoms with Crippen LogP contribution < -0.4 is 10.6 Å². The number of ether oxygens (including phenoxy) is 1. The van der Waals surface area contributed by atoms with E-state index in [4.69, 9.17) is 4.74 Å². The van der Waals surface area contributed by atoms with Gasteiger partial charge in [-0.2, -0.15) is 0 Å². The number of hydrogen-bond acceptors (Lipinski definition) is 4. The van der Waals surface area contributed by atoms with Crippen molar-refractivity contribution in [3.05, 3.63) is 77.4 Å². The van der Waals surface area contributed by atoms with Crippen LogP contribution in [0.25, 0.3) is 10.8 Å². The Morgan fingerprint density at radius 2 is 1.53 bits per heavy atom. The van der Waals surface area contributed by atoms with E-state index in [2.05, 4.69) is 10.6 Å². The Balaban J connectivity index is 1.98. The maximum Gasteiger partial charge on any atom is 0.408 e. The quantitative estimate of drug-likeness (QED) is 0.386. The van der Waals surface area contributed by atoms with E-state index < -0.39 is 23.8 Å². The van der Waals surface area contributed by atoms with Crippen LogP contribution in [0, 0.1) is 13.8 Å². The summed E-state index contributed by atoms with van der Waals surface area (Å²) in [5, 5.41) is 7.72. The first-order chi connectivity index (χ1) is 17.8. The summed E-state index contributed by atoms with van der Waals surface area (Å²) in [4.78, 5) is 41.7. The topological polar surface area (TPSA) is 87.7 Å². The van der Waals surface area contributed by atoms with Crippen LogP contribution in [0.1, 0.15) is 64.3 Å². The van der Waals surface area contributed by atoms with Crippen molar-refractivity contribution in [1.82, 2.24) is 10.2 Å². The molecule has 7 heteroatoms. The van der Waals surface area contributed by atoms with E-state index in [-0.39, 0.29) is 17.9 Å². The molecule has 0 saturated heterocycles. The van der Waals surface area contributed by atoms with Crippen LogP contribution in [0.5, 0.6) is 0 Å². The molecular formula is C31H39N3O4. The van der Waals surface area contributed by atoms with E-state index in [1.165, 1.54) is 4.90 Å². The van der Waals surface area contributed by atoms with E-state index in [9.17, 15) is 14.4 Å². The fraction of sp³-hybridized carbons (Fsp3) is 0.387. The first kappa shape index (κ1) is 28.7. The van der Waals surface area contributed by atoms with Gasteiger partial charge >= 0.3 is 6.09 Å². The highest BCUT2D eigenvalue weighted by atomic mass is 16.6. The highest BCUT2D eigenvalue weighted by Crippen LogP contribution is 2.30. The molecular weight excluding hydrogens is 478 g/mol. The van der Waals surface area contributed by atoms with E-state index in [0.717, 1.165) is 27.5 Å². The molecule has 7 nitrogen and oxygen atoms in total. The van der Waals surface area contributed by atoms with Gasteiger partial charge in [0, 0.05) is 11.7 Å². The number of benzene rings is 3. The Bertz CT molecular complexity index is 1330. The Hall–Kier alpha value is -3.87. The number of amides is 3. The largest absolute Gasteiger partial charge is 0.444 e. The molecule has 3 amide bonds. The van der Waals surface area contributed by atoms with E-state index in [1.54, 1.807) is 27.7 Å². The predicted molar refractivity (Wildman–Crippen MR) is 152 cm³/mol. The van der Waals surface area contributed by atoms with Crippen LogP contribution in [0.4, 0.5) is 10.5 Å². The van der Waals surface area contributed by atoms with E-state index >= 15 is 0 Å². The molecule has 0 aliphatic carbocycles. The number of carbonyl (C=O) groups excluding carboxylic acids is 3. The zero-order valence-corrected chi connectivity index (χ0v) is 23.6. The molecule has 0 aliphatic rings. The lowest BCUT2D eigenvalue weighted by atomic mass is 9.95. The summed E-state index contributed by atoms with van der Waals surface area (Å²) in [7, 11) is 0. The molecule has 38 heavy (non-hydrogen) atoms. The van der Waals surface area contributed by atoms with E-state index in [0.29, 0.717) is 5.69 Å².